The minimum Gasteiger partial charge on any atom is -0.496 e. The maximum Gasteiger partial charge on any atom is 0.273 e. The normalized spacial score (nSPS) is 10.8. The van der Waals surface area contributed by atoms with Gasteiger partial charge in [-0.2, -0.15) is 10.5 Å². The molecule has 3 rings (SSSR count). The lowest BCUT2D eigenvalue weighted by Crippen LogP contribution is -1.92. The number of allylic oxidation sites excluding steroid dienone is 1. The average molecular weight is 371 g/mol. The summed E-state index contributed by atoms with van der Waals surface area (Å²) in [5, 5.41) is 29.2. The third-order valence-electron chi connectivity index (χ3n) is 4.02. The number of nitriles is 2. The molecule has 0 unspecified atom stereocenters. The van der Waals surface area contributed by atoms with E-state index in [0.29, 0.717) is 39.5 Å². The van der Waals surface area contributed by atoms with Crippen molar-refractivity contribution in [3.05, 3.63) is 81.6 Å². The van der Waals surface area contributed by atoms with E-state index in [0.717, 1.165) is 0 Å². The predicted molar refractivity (Wildman–Crippen MR) is 102 cm³/mol. The Balaban J connectivity index is 1.95. The summed E-state index contributed by atoms with van der Waals surface area (Å²) in [6.45, 7) is 0. The van der Waals surface area contributed by atoms with E-state index < -0.39 is 4.92 Å². The SMILES string of the molecule is COc1cc([N+](=O)[O-])ccc1-c1ccc(/C=C(/C#N)c2ccc(C#N)cc2)o1. The van der Waals surface area contributed by atoms with Gasteiger partial charge in [0, 0.05) is 6.07 Å². The van der Waals surface area contributed by atoms with Crippen LogP contribution in [0.15, 0.2) is 59.0 Å². The molecule has 0 amide bonds. The number of nitro benzene ring substituents is 1. The molecule has 7 heteroatoms. The van der Waals surface area contributed by atoms with E-state index >= 15 is 0 Å². The van der Waals surface area contributed by atoms with Gasteiger partial charge in [-0.1, -0.05) is 12.1 Å². The van der Waals surface area contributed by atoms with Crippen LogP contribution in [0.3, 0.4) is 0 Å². The molecule has 0 aliphatic carbocycles. The highest BCUT2D eigenvalue weighted by Gasteiger charge is 2.15. The summed E-state index contributed by atoms with van der Waals surface area (Å²) >= 11 is 0. The van der Waals surface area contributed by atoms with Gasteiger partial charge in [-0.15, -0.1) is 0 Å². The van der Waals surface area contributed by atoms with Crippen LogP contribution in [0.25, 0.3) is 23.0 Å². The predicted octanol–water partition coefficient (Wildman–Crippen LogP) is 4.80. The van der Waals surface area contributed by atoms with Crippen LogP contribution in [0.2, 0.25) is 0 Å². The van der Waals surface area contributed by atoms with Gasteiger partial charge in [-0.05, 0) is 42.0 Å². The number of nitro groups is 1. The summed E-state index contributed by atoms with van der Waals surface area (Å²) in [5.41, 5.74) is 2.02. The monoisotopic (exact) mass is 371 g/mol. The van der Waals surface area contributed by atoms with E-state index in [4.69, 9.17) is 14.4 Å². The van der Waals surface area contributed by atoms with Gasteiger partial charge in [0.15, 0.2) is 0 Å². The highest BCUT2D eigenvalue weighted by molar-refractivity contribution is 5.89. The lowest BCUT2D eigenvalue weighted by Gasteiger charge is -2.05. The molecule has 28 heavy (non-hydrogen) atoms. The molecule has 1 aromatic heterocycles. The summed E-state index contributed by atoms with van der Waals surface area (Å²) in [7, 11) is 1.42. The summed E-state index contributed by atoms with van der Waals surface area (Å²) < 4.78 is 11.0. The van der Waals surface area contributed by atoms with Crippen molar-refractivity contribution in [3.63, 3.8) is 0 Å². The Morgan fingerprint density at radius 3 is 2.50 bits per heavy atom. The van der Waals surface area contributed by atoms with Gasteiger partial charge in [0.05, 0.1) is 46.9 Å². The number of hydrogen-bond acceptors (Lipinski definition) is 6. The molecule has 3 aromatic rings. The van der Waals surface area contributed by atoms with Crippen molar-refractivity contribution in [2.45, 2.75) is 0 Å². The molecule has 0 bridgehead atoms. The molecule has 0 aliphatic heterocycles. The van der Waals surface area contributed by atoms with Crippen LogP contribution >= 0.6 is 0 Å². The minimum atomic E-state index is -0.501. The lowest BCUT2D eigenvalue weighted by molar-refractivity contribution is -0.384. The lowest BCUT2D eigenvalue weighted by atomic mass is 10.0. The Morgan fingerprint density at radius 2 is 1.89 bits per heavy atom. The summed E-state index contributed by atoms with van der Waals surface area (Å²) in [4.78, 5) is 10.4. The maximum absolute atomic E-state index is 10.9. The molecule has 0 fully saturated rings. The maximum atomic E-state index is 10.9. The van der Waals surface area contributed by atoms with Crippen molar-refractivity contribution in [2.24, 2.45) is 0 Å². The highest BCUT2D eigenvalue weighted by Crippen LogP contribution is 2.34. The number of hydrogen-bond donors (Lipinski definition) is 0. The quantitative estimate of drug-likeness (QED) is 0.362. The fourth-order valence-electron chi connectivity index (χ4n) is 2.62. The number of benzene rings is 2. The standard InChI is InChI=1S/C21H13N3O4/c1-27-21-11-17(24(25)26)6-8-19(21)20-9-7-18(28-20)10-16(13-23)15-4-2-14(12-22)3-5-15/h2-11H,1H3/b16-10-. The average Bonchev–Trinajstić information content (AvgIpc) is 3.20. The molecule has 0 aliphatic rings. The topological polar surface area (TPSA) is 113 Å². The molecule has 0 radical (unpaired) electrons. The van der Waals surface area contributed by atoms with Crippen LogP contribution in [0.5, 0.6) is 5.75 Å². The number of ether oxygens (including phenoxy) is 1. The van der Waals surface area contributed by atoms with Crippen molar-refractivity contribution in [2.75, 3.05) is 7.11 Å². The van der Waals surface area contributed by atoms with Gasteiger partial charge < -0.3 is 9.15 Å². The Hall–Kier alpha value is -4.36. The van der Waals surface area contributed by atoms with E-state index in [1.54, 1.807) is 48.5 Å². The molecular formula is C21H13N3O4. The van der Waals surface area contributed by atoms with Crippen LogP contribution in [0, 0.1) is 32.8 Å². The van der Waals surface area contributed by atoms with Gasteiger partial charge in [0.2, 0.25) is 0 Å². The first kappa shape index (κ1) is 18.4. The minimum absolute atomic E-state index is 0.0835. The van der Waals surface area contributed by atoms with Crippen molar-refractivity contribution in [1.82, 2.24) is 0 Å². The number of rotatable bonds is 5. The van der Waals surface area contributed by atoms with Crippen LogP contribution in [-0.2, 0) is 0 Å². The molecule has 1 heterocycles. The number of methoxy groups -OCH3 is 1. The Bertz CT molecular complexity index is 1150. The third-order valence-corrected chi connectivity index (χ3v) is 4.02. The molecular weight excluding hydrogens is 358 g/mol. The van der Waals surface area contributed by atoms with Crippen LogP contribution in [0.4, 0.5) is 5.69 Å². The molecule has 2 aromatic carbocycles. The highest BCUT2D eigenvalue weighted by atomic mass is 16.6. The first-order chi connectivity index (χ1) is 13.5. The fraction of sp³-hybridized carbons (Fsp3) is 0.0476. The first-order valence-electron chi connectivity index (χ1n) is 8.10. The largest absolute Gasteiger partial charge is 0.496 e. The van der Waals surface area contributed by atoms with Crippen molar-refractivity contribution < 1.29 is 14.1 Å². The van der Waals surface area contributed by atoms with Crippen LogP contribution < -0.4 is 4.74 Å². The van der Waals surface area contributed by atoms with Crippen molar-refractivity contribution in [1.29, 1.82) is 10.5 Å². The van der Waals surface area contributed by atoms with Gasteiger partial charge in [-0.25, -0.2) is 0 Å². The van der Waals surface area contributed by atoms with Gasteiger partial charge in [0.1, 0.15) is 17.3 Å². The first-order valence-corrected chi connectivity index (χ1v) is 8.10. The Morgan fingerprint density at radius 1 is 1.14 bits per heavy atom. The second-order valence-electron chi connectivity index (χ2n) is 5.70. The molecule has 136 valence electrons. The zero-order valence-electron chi connectivity index (χ0n) is 14.7. The molecule has 0 atom stereocenters. The summed E-state index contributed by atoms with van der Waals surface area (Å²) in [6, 6.07) is 18.4. The van der Waals surface area contributed by atoms with Crippen LogP contribution in [-0.4, -0.2) is 12.0 Å². The van der Waals surface area contributed by atoms with Crippen molar-refractivity contribution in [3.8, 4) is 29.2 Å². The van der Waals surface area contributed by atoms with E-state index in [-0.39, 0.29) is 5.69 Å². The third kappa shape index (κ3) is 3.74. The number of nitrogens with zero attached hydrogens (tertiary/aromatic N) is 3. The summed E-state index contributed by atoms with van der Waals surface area (Å²) in [5.74, 6) is 1.21. The number of furan rings is 1. The van der Waals surface area contributed by atoms with E-state index in [9.17, 15) is 15.4 Å². The zero-order valence-corrected chi connectivity index (χ0v) is 14.7. The van der Waals surface area contributed by atoms with E-state index in [1.165, 1.54) is 19.2 Å². The smallest absolute Gasteiger partial charge is 0.273 e. The van der Waals surface area contributed by atoms with Crippen molar-refractivity contribution >= 4 is 17.3 Å². The molecule has 0 N–H and O–H groups in total. The van der Waals surface area contributed by atoms with Crippen LogP contribution in [0.1, 0.15) is 16.9 Å². The van der Waals surface area contributed by atoms with Gasteiger partial charge in [0.25, 0.3) is 5.69 Å². The number of non-ortho nitro benzene ring substituents is 1. The molecule has 0 saturated carbocycles. The second-order valence-corrected chi connectivity index (χ2v) is 5.70. The van der Waals surface area contributed by atoms with E-state index in [2.05, 4.69) is 6.07 Å². The van der Waals surface area contributed by atoms with Gasteiger partial charge >= 0.3 is 0 Å². The Labute approximate surface area is 160 Å². The Kier molecular flexibility index (Phi) is 5.20. The summed E-state index contributed by atoms with van der Waals surface area (Å²) in [6.07, 6.45) is 1.59. The molecule has 7 nitrogen and oxygen atoms in total. The molecule has 0 saturated heterocycles. The van der Waals surface area contributed by atoms with Gasteiger partial charge in [-0.3, -0.25) is 10.1 Å². The molecule has 0 spiro atoms. The van der Waals surface area contributed by atoms with E-state index in [1.807, 2.05) is 6.07 Å². The fourth-order valence-corrected chi connectivity index (χ4v) is 2.62. The zero-order chi connectivity index (χ0) is 20.1. The second kappa shape index (κ2) is 7.90.